The third-order valence-corrected chi connectivity index (χ3v) is 1.74. The summed E-state index contributed by atoms with van der Waals surface area (Å²) in [5.74, 6) is 0.423. The monoisotopic (exact) mass is 429 g/mol. The van der Waals surface area contributed by atoms with Crippen LogP contribution in [-0.4, -0.2) is 10.9 Å². The fourth-order valence-corrected chi connectivity index (χ4v) is 0.957. The smallest absolute Gasteiger partial charge is 0.405 e. The quantitative estimate of drug-likeness (QED) is 0.511. The molecule has 0 fully saturated rings. The van der Waals surface area contributed by atoms with Crippen LogP contribution < -0.4 is 0 Å². The summed E-state index contributed by atoms with van der Waals surface area (Å²) < 4.78 is 4.60. The van der Waals surface area contributed by atoms with E-state index < -0.39 is 0 Å². The predicted octanol–water partition coefficient (Wildman–Crippen LogP) is 3.88. The Labute approximate surface area is 129 Å². The van der Waals surface area contributed by atoms with Crippen molar-refractivity contribution in [1.82, 2.24) is 5.16 Å². The maximum atomic E-state index is 10.5. The number of aryl methyl sites for hydroxylation is 1. The van der Waals surface area contributed by atoms with E-state index in [1.54, 1.807) is 6.92 Å². The zero-order chi connectivity index (χ0) is 14.0. The zero-order valence-corrected chi connectivity index (χ0v) is 14.7. The molecule has 0 radical (unpaired) electrons. The minimum absolute atomic E-state index is 0. The number of carbonyl (C=O) groups is 1. The van der Waals surface area contributed by atoms with E-state index in [1.807, 2.05) is 44.2 Å². The molecule has 1 aromatic heterocycles. The average Bonchev–Trinajstić information content (AvgIpc) is 2.80. The van der Waals surface area contributed by atoms with Crippen molar-refractivity contribution in [1.29, 1.82) is 0 Å². The molecule has 0 unspecified atom stereocenters. The average molecular weight is 429 g/mol. The Balaban J connectivity index is 0. The van der Waals surface area contributed by atoms with E-state index in [0.29, 0.717) is 5.76 Å². The maximum Gasteiger partial charge on any atom is 2.00 e. The minimum Gasteiger partial charge on any atom is -0.405 e. The first-order valence-corrected chi connectivity index (χ1v) is 5.83. The van der Waals surface area contributed by atoms with Crippen molar-refractivity contribution in [3.05, 3.63) is 60.3 Å². The number of rotatable bonds is 1. The molecular formula is C15H19NO2W. The third-order valence-electron chi connectivity index (χ3n) is 1.74. The van der Waals surface area contributed by atoms with Crippen LogP contribution in [-0.2, 0) is 21.1 Å². The second-order valence-corrected chi connectivity index (χ2v) is 3.25. The molecule has 2 rings (SSSR count). The van der Waals surface area contributed by atoms with E-state index in [9.17, 15) is 4.79 Å². The van der Waals surface area contributed by atoms with Gasteiger partial charge in [0.1, 0.15) is 0 Å². The largest absolute Gasteiger partial charge is 2.00 e. The molecule has 1 heterocycles. The van der Waals surface area contributed by atoms with Crippen molar-refractivity contribution in [3.8, 4) is 0 Å². The molecule has 102 valence electrons. The van der Waals surface area contributed by atoms with Crippen molar-refractivity contribution in [2.75, 3.05) is 0 Å². The number of ketones is 1. The topological polar surface area (TPSA) is 43.1 Å². The van der Waals surface area contributed by atoms with Gasteiger partial charge in [-0.25, -0.2) is 0 Å². The molecule has 0 spiro atoms. The Kier molecular flexibility index (Phi) is 12.3. The van der Waals surface area contributed by atoms with Crippen molar-refractivity contribution in [3.63, 3.8) is 0 Å². The van der Waals surface area contributed by atoms with Crippen LogP contribution in [0.5, 0.6) is 0 Å². The number of benzene rings is 1. The Hall–Kier alpha value is -1.34. The summed E-state index contributed by atoms with van der Waals surface area (Å²) in [5, 5.41) is 3.44. The zero-order valence-electron chi connectivity index (χ0n) is 11.8. The van der Waals surface area contributed by atoms with E-state index in [4.69, 9.17) is 0 Å². The molecule has 0 saturated heterocycles. The van der Waals surface area contributed by atoms with Gasteiger partial charge in [-0.2, -0.15) is 30.7 Å². The fraction of sp³-hybridized carbons (Fsp3) is 0.267. The number of carbonyl (C=O) groups excluding carboxylic acids is 1. The van der Waals surface area contributed by atoms with Crippen LogP contribution in [0.15, 0.2) is 34.9 Å². The third kappa shape index (κ3) is 9.26. The van der Waals surface area contributed by atoms with Gasteiger partial charge in [-0.05, 0) is 12.6 Å². The van der Waals surface area contributed by atoms with Gasteiger partial charge in [0.25, 0.3) is 0 Å². The van der Waals surface area contributed by atoms with Crippen molar-refractivity contribution < 1.29 is 30.4 Å². The van der Waals surface area contributed by atoms with Gasteiger partial charge < -0.3 is 9.32 Å². The first-order chi connectivity index (χ1) is 8.59. The molecule has 19 heavy (non-hydrogen) atoms. The van der Waals surface area contributed by atoms with Gasteiger partial charge in [-0.1, -0.05) is 26.8 Å². The molecule has 0 saturated carbocycles. The molecule has 3 nitrogen and oxygen atoms in total. The van der Waals surface area contributed by atoms with Gasteiger partial charge in [0, 0.05) is 11.5 Å². The van der Waals surface area contributed by atoms with Crippen molar-refractivity contribution >= 4 is 5.78 Å². The second-order valence-electron chi connectivity index (χ2n) is 3.25. The van der Waals surface area contributed by atoms with Gasteiger partial charge >= 0.3 is 21.1 Å². The minimum atomic E-state index is -0.119. The summed E-state index contributed by atoms with van der Waals surface area (Å²) in [6.07, 6.45) is 0. The molecule has 0 atom stereocenters. The molecule has 0 bridgehead atoms. The summed E-state index contributed by atoms with van der Waals surface area (Å²) in [6.45, 7) is 10.8. The summed E-state index contributed by atoms with van der Waals surface area (Å²) >= 11 is 0. The number of Topliss-reactive ketones (excluding diaryl/α,β-unsaturated/α-hetero) is 1. The first-order valence-electron chi connectivity index (χ1n) is 5.83. The van der Waals surface area contributed by atoms with Gasteiger partial charge in [-0.3, -0.25) is 0 Å². The summed E-state index contributed by atoms with van der Waals surface area (Å²) in [4.78, 5) is 10.5. The van der Waals surface area contributed by atoms with Crippen LogP contribution in [0, 0.1) is 19.9 Å². The standard InChI is InChI=1S/C7H7.C6H6NO2.C2H6.W/c1-7-5-3-2-4-6-7;1-4-3-6(5(2)8)7-9-4;1-2;/h2-6H,1H2;1-2H3;1-2H3;/q2*-1;;+2. The van der Waals surface area contributed by atoms with Gasteiger partial charge in [-0.15, -0.1) is 17.3 Å². The van der Waals surface area contributed by atoms with Crippen LogP contribution in [0.3, 0.4) is 0 Å². The molecule has 0 N–H and O–H groups in total. The van der Waals surface area contributed by atoms with Crippen LogP contribution >= 0.6 is 0 Å². The summed E-state index contributed by atoms with van der Waals surface area (Å²) in [6, 6.07) is 12.5. The van der Waals surface area contributed by atoms with E-state index in [1.165, 1.54) is 6.92 Å². The summed E-state index contributed by atoms with van der Waals surface area (Å²) in [5.41, 5.74) is 1.34. The van der Waals surface area contributed by atoms with Gasteiger partial charge in [0.05, 0.1) is 0 Å². The normalized spacial score (nSPS) is 8.00. The molecule has 0 aliphatic heterocycles. The van der Waals surface area contributed by atoms with E-state index in [2.05, 4.69) is 22.7 Å². The van der Waals surface area contributed by atoms with Crippen molar-refractivity contribution in [2.24, 2.45) is 0 Å². The Bertz CT molecular complexity index is 452. The number of hydrogen-bond acceptors (Lipinski definition) is 3. The molecule has 0 aliphatic carbocycles. The van der Waals surface area contributed by atoms with E-state index >= 15 is 0 Å². The van der Waals surface area contributed by atoms with Crippen LogP contribution in [0.2, 0.25) is 0 Å². The van der Waals surface area contributed by atoms with Crippen LogP contribution in [0.4, 0.5) is 0 Å². The SMILES string of the molecule is CC.CC(=O)c1[c-]c(C)on1.[CH2-]c1ccccc1.[W+2]. The number of nitrogens with zero attached hydrogens (tertiary/aromatic N) is 1. The van der Waals surface area contributed by atoms with Crippen molar-refractivity contribution in [2.45, 2.75) is 27.7 Å². The van der Waals surface area contributed by atoms with E-state index in [0.717, 1.165) is 5.56 Å². The Morgan fingerprint density at radius 2 is 1.79 bits per heavy atom. The fourth-order valence-electron chi connectivity index (χ4n) is 0.957. The molecule has 1 aromatic carbocycles. The van der Waals surface area contributed by atoms with Crippen LogP contribution in [0.25, 0.3) is 0 Å². The number of aromatic nitrogens is 1. The summed E-state index contributed by atoms with van der Waals surface area (Å²) in [7, 11) is 0. The molecule has 0 amide bonds. The van der Waals surface area contributed by atoms with Crippen LogP contribution in [0.1, 0.15) is 42.6 Å². The molecule has 4 heteroatoms. The predicted molar refractivity (Wildman–Crippen MR) is 72.3 cm³/mol. The maximum absolute atomic E-state index is 10.5. The second kappa shape index (κ2) is 11.7. The molecule has 0 aliphatic rings. The molecule has 2 aromatic rings. The van der Waals surface area contributed by atoms with E-state index in [-0.39, 0.29) is 32.5 Å². The molecular weight excluding hydrogens is 410 g/mol. The Morgan fingerprint density at radius 1 is 1.26 bits per heavy atom. The van der Waals surface area contributed by atoms with Gasteiger partial charge in [0.2, 0.25) is 0 Å². The van der Waals surface area contributed by atoms with Gasteiger partial charge in [0.15, 0.2) is 0 Å². The number of hydrogen-bond donors (Lipinski definition) is 0. The Morgan fingerprint density at radius 3 is 2.00 bits per heavy atom. The first kappa shape index (κ1) is 20.0.